The Bertz CT molecular complexity index is 696. The van der Waals surface area contributed by atoms with Crippen LogP contribution in [0, 0.1) is 11.8 Å². The Morgan fingerprint density at radius 1 is 0.938 bits per heavy atom. The summed E-state index contributed by atoms with van der Waals surface area (Å²) in [7, 11) is 0. The van der Waals surface area contributed by atoms with Gasteiger partial charge in [0.1, 0.15) is 24.7 Å². The number of benzene rings is 1. The van der Waals surface area contributed by atoms with Gasteiger partial charge in [0, 0.05) is 12.0 Å². The molecule has 2 N–H and O–H groups in total. The first-order valence-electron chi connectivity index (χ1n) is 10.7. The number of carbonyl (C=O) groups excluding carboxylic acids is 1. The highest BCUT2D eigenvalue weighted by molar-refractivity contribution is 5.81. The molecule has 1 aromatic carbocycles. The average molecular weight is 453 g/mol. The quantitative estimate of drug-likeness (QED) is 0.179. The molecule has 2 rings (SSSR count). The Morgan fingerprint density at radius 2 is 1.50 bits per heavy atom. The van der Waals surface area contributed by atoms with Gasteiger partial charge in [-0.1, -0.05) is 6.58 Å². The Labute approximate surface area is 187 Å². The molecular weight excluding hydrogens is 420 g/mol. The average Bonchev–Trinajstić information content (AvgIpc) is 2.81. The number of aliphatic hydroxyl groups is 1. The second-order valence-corrected chi connectivity index (χ2v) is 7.37. The number of carboxylic acid groups (broad SMARTS) is 1. The summed E-state index contributed by atoms with van der Waals surface area (Å²) in [4.78, 5) is 21.8. The number of hydrogen-bond acceptors (Lipinski definition) is 8. The summed E-state index contributed by atoms with van der Waals surface area (Å²) in [6, 6.07) is 6.93. The molecule has 0 radical (unpaired) electrons. The molecule has 9 nitrogen and oxygen atoms in total. The highest BCUT2D eigenvalue weighted by Crippen LogP contribution is 2.32. The Kier molecular flexibility index (Phi) is 11.6. The van der Waals surface area contributed by atoms with Crippen molar-refractivity contribution in [3.05, 3.63) is 36.9 Å². The summed E-state index contributed by atoms with van der Waals surface area (Å²) in [6.45, 7) is 5.32. The molecule has 0 bridgehead atoms. The molecule has 178 valence electrons. The van der Waals surface area contributed by atoms with Crippen molar-refractivity contribution in [3.8, 4) is 11.5 Å². The number of carboxylic acids is 1. The maximum atomic E-state index is 11.0. The lowest BCUT2D eigenvalue weighted by molar-refractivity contribution is -0.145. The second kappa shape index (κ2) is 14.4. The van der Waals surface area contributed by atoms with Gasteiger partial charge >= 0.3 is 11.9 Å². The van der Waals surface area contributed by atoms with Crippen LogP contribution in [0.3, 0.4) is 0 Å². The van der Waals surface area contributed by atoms with Gasteiger partial charge in [-0.25, -0.2) is 4.79 Å². The smallest absolute Gasteiger partial charge is 0.330 e. The molecule has 1 aliphatic rings. The van der Waals surface area contributed by atoms with Gasteiger partial charge in [-0.15, -0.1) is 0 Å². The number of ether oxygens (including phenoxy) is 5. The van der Waals surface area contributed by atoms with Gasteiger partial charge in [0.05, 0.1) is 32.3 Å². The van der Waals surface area contributed by atoms with Crippen LogP contribution in [-0.4, -0.2) is 68.1 Å². The zero-order chi connectivity index (χ0) is 23.2. The lowest BCUT2D eigenvalue weighted by atomic mass is 9.82. The molecule has 0 aromatic heterocycles. The highest BCUT2D eigenvalue weighted by Gasteiger charge is 2.30. The molecule has 32 heavy (non-hydrogen) atoms. The number of carbonyl (C=O) groups is 2. The standard InChI is InChI=1S/C23H32O9/c1-2-21(24)31-16-14-29-12-11-28-13-15-30-19-7-9-20(10-8-19)32-23(27)18-5-3-17(4-6-18)22(25)26/h2,7-10,17-18,23,27H,1,3-6,11-16H2,(H,25,26). The van der Waals surface area contributed by atoms with Gasteiger partial charge in [0.25, 0.3) is 0 Å². The number of rotatable bonds is 15. The summed E-state index contributed by atoms with van der Waals surface area (Å²) < 4.78 is 26.6. The van der Waals surface area contributed by atoms with Crippen molar-refractivity contribution in [1.82, 2.24) is 0 Å². The van der Waals surface area contributed by atoms with E-state index >= 15 is 0 Å². The van der Waals surface area contributed by atoms with Gasteiger partial charge in [-0.05, 0) is 49.9 Å². The SMILES string of the molecule is C=CC(=O)OCCOCCOCCOc1ccc(OC(O)C2CCC(C(=O)O)CC2)cc1. The summed E-state index contributed by atoms with van der Waals surface area (Å²) in [5.74, 6) is -0.449. The zero-order valence-corrected chi connectivity index (χ0v) is 18.1. The van der Waals surface area contributed by atoms with E-state index in [1.54, 1.807) is 24.3 Å². The summed E-state index contributed by atoms with van der Waals surface area (Å²) in [5, 5.41) is 19.4. The van der Waals surface area contributed by atoms with Crippen LogP contribution in [0.2, 0.25) is 0 Å². The summed E-state index contributed by atoms with van der Waals surface area (Å²) in [5.41, 5.74) is 0. The van der Waals surface area contributed by atoms with Crippen LogP contribution < -0.4 is 9.47 Å². The van der Waals surface area contributed by atoms with Crippen molar-refractivity contribution in [2.24, 2.45) is 11.8 Å². The predicted octanol–water partition coefficient (Wildman–Crippen LogP) is 2.42. The number of aliphatic hydroxyl groups excluding tert-OH is 1. The molecule has 1 fully saturated rings. The van der Waals surface area contributed by atoms with Crippen LogP contribution >= 0.6 is 0 Å². The fraction of sp³-hybridized carbons (Fsp3) is 0.565. The normalized spacial score (nSPS) is 19.0. The van der Waals surface area contributed by atoms with Crippen molar-refractivity contribution < 1.29 is 43.5 Å². The van der Waals surface area contributed by atoms with Crippen LogP contribution in [0.1, 0.15) is 25.7 Å². The van der Waals surface area contributed by atoms with E-state index in [-0.39, 0.29) is 18.4 Å². The lowest BCUT2D eigenvalue weighted by Crippen LogP contribution is -2.32. The van der Waals surface area contributed by atoms with E-state index in [0.29, 0.717) is 70.2 Å². The minimum Gasteiger partial charge on any atom is -0.491 e. The molecule has 1 aliphatic carbocycles. The number of hydrogen-bond donors (Lipinski definition) is 2. The monoisotopic (exact) mass is 452 g/mol. The van der Waals surface area contributed by atoms with E-state index in [1.807, 2.05) is 0 Å². The van der Waals surface area contributed by atoms with Crippen molar-refractivity contribution >= 4 is 11.9 Å². The third kappa shape index (κ3) is 9.67. The van der Waals surface area contributed by atoms with Crippen LogP contribution in [0.15, 0.2) is 36.9 Å². The molecule has 1 atom stereocenters. The summed E-state index contributed by atoms with van der Waals surface area (Å²) in [6.07, 6.45) is 2.53. The first-order chi connectivity index (χ1) is 15.5. The number of esters is 1. The first-order valence-corrected chi connectivity index (χ1v) is 10.7. The Morgan fingerprint density at radius 3 is 2.09 bits per heavy atom. The molecule has 0 amide bonds. The van der Waals surface area contributed by atoms with Crippen molar-refractivity contribution in [2.75, 3.05) is 39.6 Å². The van der Waals surface area contributed by atoms with E-state index in [1.165, 1.54) is 0 Å². The van der Waals surface area contributed by atoms with Crippen molar-refractivity contribution in [2.45, 2.75) is 32.0 Å². The summed E-state index contributed by atoms with van der Waals surface area (Å²) >= 11 is 0. The molecule has 1 aromatic rings. The van der Waals surface area contributed by atoms with Gasteiger partial charge in [0.2, 0.25) is 0 Å². The first kappa shape index (κ1) is 25.6. The van der Waals surface area contributed by atoms with Crippen LogP contribution in [0.25, 0.3) is 0 Å². The molecule has 9 heteroatoms. The molecule has 1 saturated carbocycles. The number of aliphatic carboxylic acids is 1. The lowest BCUT2D eigenvalue weighted by Gasteiger charge is -2.29. The van der Waals surface area contributed by atoms with E-state index in [0.717, 1.165) is 6.08 Å². The van der Waals surface area contributed by atoms with Crippen molar-refractivity contribution in [1.29, 1.82) is 0 Å². The van der Waals surface area contributed by atoms with E-state index in [4.69, 9.17) is 28.8 Å². The molecule has 0 heterocycles. The minimum atomic E-state index is -0.957. The molecular formula is C23H32O9. The predicted molar refractivity (Wildman–Crippen MR) is 114 cm³/mol. The van der Waals surface area contributed by atoms with E-state index in [9.17, 15) is 14.7 Å². The molecule has 1 unspecified atom stereocenters. The second-order valence-electron chi connectivity index (χ2n) is 7.37. The molecule has 0 aliphatic heterocycles. The highest BCUT2D eigenvalue weighted by atomic mass is 16.6. The van der Waals surface area contributed by atoms with E-state index < -0.39 is 18.2 Å². The van der Waals surface area contributed by atoms with Gasteiger partial charge < -0.3 is 33.9 Å². The van der Waals surface area contributed by atoms with Crippen molar-refractivity contribution in [3.63, 3.8) is 0 Å². The van der Waals surface area contributed by atoms with Gasteiger partial charge in [-0.2, -0.15) is 0 Å². The Balaban J connectivity index is 1.53. The maximum absolute atomic E-state index is 11.0. The van der Waals surface area contributed by atoms with Crippen LogP contribution in [0.4, 0.5) is 0 Å². The minimum absolute atomic E-state index is 0.0650. The van der Waals surface area contributed by atoms with Gasteiger partial charge in [0.15, 0.2) is 6.29 Å². The Hall–Kier alpha value is -2.62. The largest absolute Gasteiger partial charge is 0.491 e. The molecule has 0 spiro atoms. The fourth-order valence-electron chi connectivity index (χ4n) is 3.30. The topological polar surface area (TPSA) is 121 Å². The third-order valence-electron chi connectivity index (χ3n) is 5.11. The fourth-order valence-corrected chi connectivity index (χ4v) is 3.30. The zero-order valence-electron chi connectivity index (χ0n) is 18.1. The van der Waals surface area contributed by atoms with Crippen LogP contribution in [-0.2, 0) is 23.8 Å². The van der Waals surface area contributed by atoms with Crippen LogP contribution in [0.5, 0.6) is 11.5 Å². The van der Waals surface area contributed by atoms with Gasteiger partial charge in [-0.3, -0.25) is 4.79 Å². The maximum Gasteiger partial charge on any atom is 0.330 e. The molecule has 0 saturated heterocycles. The third-order valence-corrected chi connectivity index (χ3v) is 5.11. The van der Waals surface area contributed by atoms with E-state index in [2.05, 4.69) is 6.58 Å².